The summed E-state index contributed by atoms with van der Waals surface area (Å²) >= 11 is 0. The lowest BCUT2D eigenvalue weighted by Gasteiger charge is -2.12. The molecule has 0 fully saturated rings. The highest BCUT2D eigenvalue weighted by molar-refractivity contribution is 5.81. The molecule has 0 atom stereocenters. The first-order valence-corrected chi connectivity index (χ1v) is 6.55. The van der Waals surface area contributed by atoms with Crippen LogP contribution in [0.25, 0.3) is 11.1 Å². The molecule has 0 aliphatic heterocycles. The lowest BCUT2D eigenvalue weighted by molar-refractivity contribution is 0.423. The number of aromatic nitrogens is 1. The number of benzene rings is 2. The first-order valence-electron chi connectivity index (χ1n) is 6.55. The number of aromatic hydroxyl groups is 2. The van der Waals surface area contributed by atoms with Crippen molar-refractivity contribution < 1.29 is 10.2 Å². The summed E-state index contributed by atoms with van der Waals surface area (Å²) in [4.78, 5) is 2.56. The fourth-order valence-electron chi connectivity index (χ4n) is 3.16. The zero-order valence-electron chi connectivity index (χ0n) is 10.7. The van der Waals surface area contributed by atoms with Crippen molar-refractivity contribution >= 4 is 0 Å². The van der Waals surface area contributed by atoms with E-state index in [2.05, 4.69) is 29.2 Å². The van der Waals surface area contributed by atoms with E-state index in [-0.39, 0.29) is 17.7 Å². The van der Waals surface area contributed by atoms with Gasteiger partial charge < -0.3 is 10.2 Å². The summed E-state index contributed by atoms with van der Waals surface area (Å²) in [6.45, 7) is 0. The Bertz CT molecular complexity index is 759. The Balaban J connectivity index is 2.03. The summed E-state index contributed by atoms with van der Waals surface area (Å²) in [5, 5.41) is 19.6. The van der Waals surface area contributed by atoms with Gasteiger partial charge in [0.2, 0.25) is 0 Å². The first-order chi connectivity index (χ1) is 9.75. The van der Waals surface area contributed by atoms with Crippen LogP contribution in [0, 0.1) is 0 Å². The molecule has 4 rings (SSSR count). The number of rotatable bonds is 1. The van der Waals surface area contributed by atoms with E-state index in [1.54, 1.807) is 6.07 Å². The molecule has 0 saturated heterocycles. The molecule has 0 spiro atoms. The second-order valence-electron chi connectivity index (χ2n) is 5.07. The molecule has 3 N–H and O–H groups in total. The molecular weight excluding hydrogens is 250 g/mol. The lowest BCUT2D eigenvalue weighted by Crippen LogP contribution is -1.97. The van der Waals surface area contributed by atoms with Crippen molar-refractivity contribution in [2.45, 2.75) is 5.92 Å². The molecule has 0 amide bonds. The van der Waals surface area contributed by atoms with Gasteiger partial charge in [0.1, 0.15) is 0 Å². The van der Waals surface area contributed by atoms with Crippen LogP contribution in [-0.4, -0.2) is 15.2 Å². The molecule has 0 saturated carbocycles. The van der Waals surface area contributed by atoms with Gasteiger partial charge in [-0.3, -0.25) is 4.98 Å². The number of nitrogens with one attached hydrogen (secondary N) is 1. The predicted molar refractivity (Wildman–Crippen MR) is 76.9 cm³/mol. The second-order valence-corrected chi connectivity index (χ2v) is 5.07. The van der Waals surface area contributed by atoms with Crippen LogP contribution < -0.4 is 0 Å². The van der Waals surface area contributed by atoms with Crippen LogP contribution in [0.15, 0.2) is 54.6 Å². The highest BCUT2D eigenvalue weighted by atomic mass is 16.3. The molecule has 3 nitrogen and oxygen atoms in total. The molecule has 20 heavy (non-hydrogen) atoms. The van der Waals surface area contributed by atoms with Crippen LogP contribution in [0.3, 0.4) is 0 Å². The average Bonchev–Trinajstić information content (AvgIpc) is 2.96. The molecule has 98 valence electrons. The van der Waals surface area contributed by atoms with E-state index in [9.17, 15) is 10.2 Å². The molecule has 0 radical (unpaired) electrons. The van der Waals surface area contributed by atoms with Crippen LogP contribution >= 0.6 is 0 Å². The zero-order chi connectivity index (χ0) is 13.7. The molecule has 1 aliphatic carbocycles. The van der Waals surface area contributed by atoms with E-state index in [4.69, 9.17) is 0 Å². The Morgan fingerprint density at radius 2 is 1.30 bits per heavy atom. The average molecular weight is 263 g/mol. The molecular formula is C17H13NO2. The second kappa shape index (κ2) is 3.90. The van der Waals surface area contributed by atoms with Gasteiger partial charge in [0.25, 0.3) is 0 Å². The van der Waals surface area contributed by atoms with Crippen molar-refractivity contribution in [3.63, 3.8) is 0 Å². The third-order valence-electron chi connectivity index (χ3n) is 3.96. The van der Waals surface area contributed by atoms with Gasteiger partial charge in [0.15, 0.2) is 11.8 Å². The zero-order valence-corrected chi connectivity index (χ0v) is 10.7. The van der Waals surface area contributed by atoms with Crippen molar-refractivity contribution in [2.75, 3.05) is 0 Å². The molecule has 3 heteroatoms. The van der Waals surface area contributed by atoms with Gasteiger partial charge in [-0.1, -0.05) is 48.5 Å². The van der Waals surface area contributed by atoms with Crippen LogP contribution in [0.2, 0.25) is 0 Å². The molecule has 0 bridgehead atoms. The minimum absolute atomic E-state index is 0.0145. The normalized spacial score (nSPS) is 13.2. The number of aromatic amines is 1. The Hall–Kier alpha value is -2.68. The summed E-state index contributed by atoms with van der Waals surface area (Å²) < 4.78 is 0. The van der Waals surface area contributed by atoms with Crippen LogP contribution in [0.1, 0.15) is 22.6 Å². The Morgan fingerprint density at radius 1 is 0.750 bits per heavy atom. The number of fused-ring (bicyclic) bond motifs is 3. The minimum atomic E-state index is -0.0421. The van der Waals surface area contributed by atoms with Crippen molar-refractivity contribution in [3.8, 4) is 22.9 Å². The van der Waals surface area contributed by atoms with E-state index in [1.165, 1.54) is 11.1 Å². The van der Waals surface area contributed by atoms with Crippen LogP contribution in [0.5, 0.6) is 11.8 Å². The van der Waals surface area contributed by atoms with E-state index < -0.39 is 0 Å². The van der Waals surface area contributed by atoms with E-state index in [0.717, 1.165) is 11.1 Å². The Labute approximate surface area is 116 Å². The SMILES string of the molecule is Oc1cc(C2c3ccccc3-c3ccccc32)c(O)[nH]1. The van der Waals surface area contributed by atoms with Gasteiger partial charge in [0, 0.05) is 17.5 Å². The van der Waals surface area contributed by atoms with Gasteiger partial charge in [-0.05, 0) is 22.3 Å². The first kappa shape index (κ1) is 11.2. The maximum absolute atomic E-state index is 10.0. The van der Waals surface area contributed by atoms with E-state index >= 15 is 0 Å². The quantitative estimate of drug-likeness (QED) is 0.491. The van der Waals surface area contributed by atoms with E-state index in [1.807, 2.05) is 24.3 Å². The van der Waals surface area contributed by atoms with Gasteiger partial charge >= 0.3 is 0 Å². The molecule has 2 aromatic carbocycles. The van der Waals surface area contributed by atoms with Crippen molar-refractivity contribution in [1.29, 1.82) is 0 Å². The van der Waals surface area contributed by atoms with Gasteiger partial charge in [0.05, 0.1) is 0 Å². The molecule has 3 aromatic rings. The summed E-state index contributed by atoms with van der Waals surface area (Å²) in [6.07, 6.45) is 0. The Morgan fingerprint density at radius 3 is 1.80 bits per heavy atom. The maximum Gasteiger partial charge on any atom is 0.195 e. The highest BCUT2D eigenvalue weighted by Gasteiger charge is 2.31. The van der Waals surface area contributed by atoms with Crippen molar-refractivity contribution in [2.24, 2.45) is 0 Å². The van der Waals surface area contributed by atoms with Gasteiger partial charge in [-0.25, -0.2) is 0 Å². The third kappa shape index (κ3) is 1.40. The highest BCUT2D eigenvalue weighted by Crippen LogP contribution is 2.50. The lowest BCUT2D eigenvalue weighted by atomic mass is 9.91. The Kier molecular flexibility index (Phi) is 2.18. The van der Waals surface area contributed by atoms with E-state index in [0.29, 0.717) is 5.56 Å². The fraction of sp³-hybridized carbons (Fsp3) is 0.0588. The van der Waals surface area contributed by atoms with Crippen molar-refractivity contribution in [3.05, 3.63) is 71.3 Å². The number of hydrogen-bond acceptors (Lipinski definition) is 2. The minimum Gasteiger partial charge on any atom is -0.495 e. The third-order valence-corrected chi connectivity index (χ3v) is 3.96. The molecule has 0 unspecified atom stereocenters. The number of hydrogen-bond donors (Lipinski definition) is 3. The van der Waals surface area contributed by atoms with Crippen molar-refractivity contribution in [1.82, 2.24) is 4.98 Å². The number of H-pyrrole nitrogens is 1. The summed E-state index contributed by atoms with van der Waals surface area (Å²) in [6, 6.07) is 18.0. The largest absolute Gasteiger partial charge is 0.495 e. The fourth-order valence-corrected chi connectivity index (χ4v) is 3.16. The molecule has 1 heterocycles. The summed E-state index contributed by atoms with van der Waals surface area (Å²) in [5.41, 5.74) is 5.40. The van der Waals surface area contributed by atoms with Crippen LogP contribution in [0.4, 0.5) is 0 Å². The van der Waals surface area contributed by atoms with Gasteiger partial charge in [-0.15, -0.1) is 0 Å². The monoisotopic (exact) mass is 263 g/mol. The summed E-state index contributed by atoms with van der Waals surface area (Å²) in [5.74, 6) is -0.0297. The standard InChI is InChI=1S/C17H13NO2/c19-15-9-14(17(20)18-15)16-12-7-3-1-5-10(12)11-6-2-4-8-13(11)16/h1-9,16,18-20H. The molecule has 1 aliphatic rings. The van der Waals surface area contributed by atoms with Crippen LogP contribution in [-0.2, 0) is 0 Å². The maximum atomic E-state index is 10.0. The van der Waals surface area contributed by atoms with Gasteiger partial charge in [-0.2, -0.15) is 0 Å². The molecule has 1 aromatic heterocycles. The summed E-state index contributed by atoms with van der Waals surface area (Å²) in [7, 11) is 0. The predicted octanol–water partition coefficient (Wildman–Crippen LogP) is 3.59. The topological polar surface area (TPSA) is 56.2 Å². The smallest absolute Gasteiger partial charge is 0.195 e.